The molecule has 8 heteroatoms. The molecule has 252 valence electrons. The van der Waals surface area contributed by atoms with Gasteiger partial charge in [-0.15, -0.1) is 0 Å². The van der Waals surface area contributed by atoms with E-state index < -0.39 is 23.9 Å². The van der Waals surface area contributed by atoms with E-state index in [1.165, 1.54) is 5.56 Å². The van der Waals surface area contributed by atoms with Crippen molar-refractivity contribution in [3.63, 3.8) is 0 Å². The lowest BCUT2D eigenvalue weighted by molar-refractivity contribution is -0.134. The van der Waals surface area contributed by atoms with Gasteiger partial charge in [0, 0.05) is 25.2 Å². The number of benzene rings is 3. The Bertz CT molecular complexity index is 1520. The summed E-state index contributed by atoms with van der Waals surface area (Å²) < 4.78 is 0. The summed E-state index contributed by atoms with van der Waals surface area (Å²) in [4.78, 5) is 54.1. The van der Waals surface area contributed by atoms with Crippen LogP contribution in [0.1, 0.15) is 94.9 Å². The third-order valence-corrected chi connectivity index (χ3v) is 9.60. The van der Waals surface area contributed by atoms with Crippen LogP contribution in [0.15, 0.2) is 66.7 Å². The molecule has 0 aromatic heterocycles. The Kier molecular flexibility index (Phi) is 13.5. The van der Waals surface area contributed by atoms with E-state index in [9.17, 15) is 19.2 Å². The number of ketones is 1. The summed E-state index contributed by atoms with van der Waals surface area (Å²) >= 11 is 0. The second kappa shape index (κ2) is 17.8. The maximum Gasteiger partial charge on any atom is 0.243 e. The van der Waals surface area contributed by atoms with Gasteiger partial charge in [-0.1, -0.05) is 100 Å². The first-order valence-electron chi connectivity index (χ1n) is 17.4. The molecule has 1 aliphatic rings. The molecule has 4 rings (SSSR count). The third-order valence-electron chi connectivity index (χ3n) is 9.60. The third kappa shape index (κ3) is 9.97. The largest absolute Gasteiger partial charge is 0.349 e. The summed E-state index contributed by atoms with van der Waals surface area (Å²) in [5, 5.41) is 11.3. The normalized spacial score (nSPS) is 16.7. The van der Waals surface area contributed by atoms with Crippen molar-refractivity contribution in [1.29, 1.82) is 0 Å². The number of nitrogens with one attached hydrogen (secondary N) is 3. The topological polar surface area (TPSA) is 130 Å². The van der Waals surface area contributed by atoms with Crippen molar-refractivity contribution in [2.75, 3.05) is 6.54 Å². The van der Waals surface area contributed by atoms with Crippen LogP contribution in [0, 0.1) is 11.8 Å². The average molecular weight is 641 g/mol. The molecular weight excluding hydrogens is 588 g/mol. The SMILES string of the molecule is CCC(=O)N[C@@H](Cc1ccc2ccccc2c1)C(=O)N[C@H](C(=O)C[C@@H](CCCCN)C(=O)N[C@@H]1CCCc2ccccc21)[C@@H](C)CC. The fraction of sp³-hybridized carbons (Fsp3) is 0.487. The molecule has 5 atom stereocenters. The molecule has 3 amide bonds. The first-order valence-corrected chi connectivity index (χ1v) is 17.4. The highest BCUT2D eigenvalue weighted by Gasteiger charge is 2.33. The van der Waals surface area contributed by atoms with Crippen LogP contribution in [0.5, 0.6) is 0 Å². The van der Waals surface area contributed by atoms with Crippen LogP contribution in [-0.2, 0) is 32.0 Å². The van der Waals surface area contributed by atoms with E-state index in [2.05, 4.69) is 28.1 Å². The number of rotatable bonds is 17. The highest BCUT2D eigenvalue weighted by molar-refractivity contribution is 5.95. The van der Waals surface area contributed by atoms with Gasteiger partial charge >= 0.3 is 0 Å². The van der Waals surface area contributed by atoms with Gasteiger partial charge in [0.05, 0.1) is 12.1 Å². The molecule has 0 saturated heterocycles. The van der Waals surface area contributed by atoms with Gasteiger partial charge in [0.1, 0.15) is 6.04 Å². The van der Waals surface area contributed by atoms with Gasteiger partial charge in [0.15, 0.2) is 5.78 Å². The fourth-order valence-corrected chi connectivity index (χ4v) is 6.56. The van der Waals surface area contributed by atoms with Gasteiger partial charge in [-0.3, -0.25) is 19.2 Å². The maximum absolute atomic E-state index is 14.0. The molecule has 1 aliphatic carbocycles. The first kappa shape index (κ1) is 35.8. The van der Waals surface area contributed by atoms with E-state index in [-0.39, 0.29) is 48.8 Å². The van der Waals surface area contributed by atoms with Gasteiger partial charge in [0.2, 0.25) is 17.7 Å². The van der Waals surface area contributed by atoms with E-state index in [1.54, 1.807) is 6.92 Å². The number of nitrogens with two attached hydrogens (primary N) is 1. The highest BCUT2D eigenvalue weighted by Crippen LogP contribution is 2.30. The Hall–Kier alpha value is -4.04. The predicted octanol–water partition coefficient (Wildman–Crippen LogP) is 5.71. The van der Waals surface area contributed by atoms with Crippen molar-refractivity contribution in [1.82, 2.24) is 16.0 Å². The maximum atomic E-state index is 14.0. The molecule has 0 saturated carbocycles. The van der Waals surface area contributed by atoms with Gasteiger partial charge in [0.25, 0.3) is 0 Å². The zero-order chi connectivity index (χ0) is 33.8. The predicted molar refractivity (Wildman–Crippen MR) is 188 cm³/mol. The van der Waals surface area contributed by atoms with Crippen molar-refractivity contribution in [3.05, 3.63) is 83.4 Å². The highest BCUT2D eigenvalue weighted by atomic mass is 16.2. The second-order valence-electron chi connectivity index (χ2n) is 13.0. The lowest BCUT2D eigenvalue weighted by atomic mass is 9.85. The molecule has 0 aliphatic heterocycles. The summed E-state index contributed by atoms with van der Waals surface area (Å²) in [6.45, 7) is 6.18. The number of fused-ring (bicyclic) bond motifs is 2. The van der Waals surface area contributed by atoms with E-state index in [4.69, 9.17) is 5.73 Å². The van der Waals surface area contributed by atoms with E-state index in [0.29, 0.717) is 19.4 Å². The van der Waals surface area contributed by atoms with Crippen LogP contribution in [0.2, 0.25) is 0 Å². The van der Waals surface area contributed by atoms with Gasteiger partial charge in [-0.05, 0) is 72.0 Å². The zero-order valence-corrected chi connectivity index (χ0v) is 28.2. The number of amides is 3. The Balaban J connectivity index is 1.50. The van der Waals surface area contributed by atoms with E-state index in [0.717, 1.165) is 54.0 Å². The summed E-state index contributed by atoms with van der Waals surface area (Å²) in [7, 11) is 0. The number of carbonyl (C=O) groups excluding carboxylic acids is 4. The molecule has 5 N–H and O–H groups in total. The van der Waals surface area contributed by atoms with E-state index in [1.807, 2.05) is 68.4 Å². The van der Waals surface area contributed by atoms with Crippen LogP contribution < -0.4 is 21.7 Å². The number of hydrogen-bond acceptors (Lipinski definition) is 5. The van der Waals surface area contributed by atoms with Crippen molar-refractivity contribution in [3.8, 4) is 0 Å². The lowest BCUT2D eigenvalue weighted by Crippen LogP contribution is -2.54. The molecule has 0 bridgehead atoms. The van der Waals surface area contributed by atoms with Gasteiger partial charge in [-0.25, -0.2) is 0 Å². The molecule has 0 fully saturated rings. The number of Topliss-reactive ketones (excluding diaryl/α,β-unsaturated/α-hetero) is 1. The average Bonchev–Trinajstić information content (AvgIpc) is 3.09. The van der Waals surface area contributed by atoms with Crippen molar-refractivity contribution in [2.24, 2.45) is 17.6 Å². The van der Waals surface area contributed by atoms with Crippen LogP contribution in [0.3, 0.4) is 0 Å². The number of aryl methyl sites for hydroxylation is 1. The van der Waals surface area contributed by atoms with Crippen LogP contribution in [-0.4, -0.2) is 42.1 Å². The molecular formula is C39H52N4O4. The lowest BCUT2D eigenvalue weighted by Gasteiger charge is -2.30. The molecule has 47 heavy (non-hydrogen) atoms. The Morgan fingerprint density at radius 3 is 2.38 bits per heavy atom. The molecule has 0 spiro atoms. The zero-order valence-electron chi connectivity index (χ0n) is 28.2. The molecule has 0 heterocycles. The summed E-state index contributed by atoms with van der Waals surface area (Å²) in [6.07, 6.45) is 6.11. The first-order chi connectivity index (χ1) is 22.7. The minimum atomic E-state index is -0.849. The Morgan fingerprint density at radius 1 is 0.894 bits per heavy atom. The van der Waals surface area contributed by atoms with Crippen LogP contribution in [0.4, 0.5) is 0 Å². The number of hydrogen-bond donors (Lipinski definition) is 4. The molecule has 8 nitrogen and oxygen atoms in total. The van der Waals surface area contributed by atoms with Crippen molar-refractivity contribution < 1.29 is 19.2 Å². The Labute approximate surface area is 279 Å². The van der Waals surface area contributed by atoms with Crippen LogP contribution >= 0.6 is 0 Å². The van der Waals surface area contributed by atoms with Crippen LogP contribution in [0.25, 0.3) is 10.8 Å². The molecule has 0 radical (unpaired) electrons. The van der Waals surface area contributed by atoms with Crippen molar-refractivity contribution in [2.45, 2.75) is 103 Å². The van der Waals surface area contributed by atoms with Crippen molar-refractivity contribution >= 4 is 34.3 Å². The van der Waals surface area contributed by atoms with Gasteiger partial charge in [-0.2, -0.15) is 0 Å². The molecule has 3 aromatic rings. The van der Waals surface area contributed by atoms with E-state index >= 15 is 0 Å². The summed E-state index contributed by atoms with van der Waals surface area (Å²) in [5.41, 5.74) is 9.08. The summed E-state index contributed by atoms with van der Waals surface area (Å²) in [6, 6.07) is 20.5. The second-order valence-corrected chi connectivity index (χ2v) is 13.0. The number of unbranched alkanes of at least 4 members (excludes halogenated alkanes) is 1. The summed E-state index contributed by atoms with van der Waals surface area (Å²) in [5.74, 6) is -1.63. The molecule has 0 unspecified atom stereocenters. The number of carbonyl (C=O) groups is 4. The minimum Gasteiger partial charge on any atom is -0.349 e. The smallest absolute Gasteiger partial charge is 0.243 e. The quantitative estimate of drug-likeness (QED) is 0.141. The fourth-order valence-electron chi connectivity index (χ4n) is 6.56. The molecule has 3 aromatic carbocycles. The van der Waals surface area contributed by atoms with Gasteiger partial charge < -0.3 is 21.7 Å². The monoisotopic (exact) mass is 640 g/mol. The Morgan fingerprint density at radius 2 is 1.64 bits per heavy atom. The standard InChI is InChI=1S/C39H52N4O4/c1-4-26(3)37(43-39(47)34(41-36(45)5-2)24-27-20-21-28-13-6-7-15-30(28)23-27)35(44)25-31(16-10-11-22-40)38(46)42-33-19-12-17-29-14-8-9-18-32(29)33/h6-9,13-15,18,20-21,23,26,31,33-34,37H,4-5,10-12,16-17,19,22,24-25,40H2,1-3H3,(H,41,45)(H,42,46)(H,43,47)/t26-,31+,33+,34-,37-/m0/s1. The minimum absolute atomic E-state index is 0.0245.